The van der Waals surface area contributed by atoms with Gasteiger partial charge in [0.2, 0.25) is 0 Å². The third-order valence-corrected chi connectivity index (χ3v) is 4.95. The Labute approximate surface area is 112 Å². The molecule has 1 rings (SSSR count). The third-order valence-electron chi connectivity index (χ3n) is 3.97. The van der Waals surface area contributed by atoms with Crippen LogP contribution in [0.2, 0.25) is 0 Å². The quantitative estimate of drug-likeness (QED) is 0.756. The molecule has 0 heterocycles. The van der Waals surface area contributed by atoms with Crippen molar-refractivity contribution in [3.63, 3.8) is 0 Å². The van der Waals surface area contributed by atoms with Crippen LogP contribution in [0.25, 0.3) is 0 Å². The molecule has 0 aromatic rings. The van der Waals surface area contributed by atoms with Gasteiger partial charge in [-0.05, 0) is 44.9 Å². The Morgan fingerprint density at radius 3 is 2.72 bits per heavy atom. The predicted molar refractivity (Wildman–Crippen MR) is 77.4 cm³/mol. The summed E-state index contributed by atoms with van der Waals surface area (Å²) in [5.41, 5.74) is 1.48. The molecule has 0 bridgehead atoms. The van der Waals surface area contributed by atoms with Crippen molar-refractivity contribution in [2.45, 2.75) is 46.1 Å². The normalized spacial score (nSPS) is 26.8. The molecule has 0 radical (unpaired) electrons. The topological polar surface area (TPSA) is 46.2 Å². The zero-order valence-electron chi connectivity index (χ0n) is 12.1. The molecule has 0 aromatic carbocycles. The molecule has 0 unspecified atom stereocenters. The fourth-order valence-electron chi connectivity index (χ4n) is 2.56. The molecule has 0 aliphatic heterocycles. The summed E-state index contributed by atoms with van der Waals surface area (Å²) >= 11 is 0. The molecule has 3 atom stereocenters. The first-order chi connectivity index (χ1) is 8.29. The highest BCUT2D eigenvalue weighted by Crippen LogP contribution is 2.29. The van der Waals surface area contributed by atoms with Crippen molar-refractivity contribution in [1.29, 1.82) is 0 Å². The molecule has 1 N–H and O–H groups in total. The minimum absolute atomic E-state index is 0.265. The largest absolute Gasteiger partial charge is 0.314 e. The summed E-state index contributed by atoms with van der Waals surface area (Å²) in [5.74, 6) is 1.61. The van der Waals surface area contributed by atoms with Crippen LogP contribution in [-0.4, -0.2) is 33.0 Å². The second-order valence-corrected chi connectivity index (χ2v) is 8.10. The average Bonchev–Trinajstić information content (AvgIpc) is 2.25. The van der Waals surface area contributed by atoms with Crippen LogP contribution in [0.3, 0.4) is 0 Å². The van der Waals surface area contributed by atoms with Crippen molar-refractivity contribution < 1.29 is 8.42 Å². The van der Waals surface area contributed by atoms with Crippen molar-refractivity contribution in [2.75, 3.05) is 18.6 Å². The molecule has 0 amide bonds. The van der Waals surface area contributed by atoms with E-state index in [1.54, 1.807) is 0 Å². The van der Waals surface area contributed by atoms with Gasteiger partial charge in [0.15, 0.2) is 0 Å². The third kappa shape index (κ3) is 5.53. The molecule has 1 aliphatic carbocycles. The molecule has 3 nitrogen and oxygen atoms in total. The van der Waals surface area contributed by atoms with Crippen LogP contribution in [0.1, 0.15) is 40.0 Å². The lowest BCUT2D eigenvalue weighted by Gasteiger charge is -2.30. The van der Waals surface area contributed by atoms with Crippen molar-refractivity contribution >= 4 is 9.84 Å². The standard InChI is InChI=1S/C14H27NO2S/c1-11-6-5-7-12(2)14(11)10-15-13(3)8-9-18(4,16)17/h6,12-15H,5,7-10H2,1-4H3/t12-,13+,14-/m0/s1. The zero-order valence-corrected chi connectivity index (χ0v) is 12.9. The molecular formula is C14H27NO2S. The van der Waals surface area contributed by atoms with E-state index in [9.17, 15) is 8.42 Å². The number of hydrogen-bond acceptors (Lipinski definition) is 3. The van der Waals surface area contributed by atoms with Gasteiger partial charge < -0.3 is 5.32 Å². The monoisotopic (exact) mass is 273 g/mol. The van der Waals surface area contributed by atoms with E-state index in [1.165, 1.54) is 24.7 Å². The fraction of sp³-hybridized carbons (Fsp3) is 0.857. The average molecular weight is 273 g/mol. The molecule has 18 heavy (non-hydrogen) atoms. The first-order valence-corrected chi connectivity index (χ1v) is 8.93. The molecule has 0 aromatic heterocycles. The molecule has 4 heteroatoms. The molecule has 0 saturated heterocycles. The maximum Gasteiger partial charge on any atom is 0.147 e. The fourth-order valence-corrected chi connectivity index (χ4v) is 3.34. The summed E-state index contributed by atoms with van der Waals surface area (Å²) in [6.07, 6.45) is 6.81. The Balaban J connectivity index is 2.35. The van der Waals surface area contributed by atoms with E-state index in [2.05, 4.69) is 32.2 Å². The second-order valence-electron chi connectivity index (χ2n) is 5.84. The van der Waals surface area contributed by atoms with E-state index in [0.717, 1.165) is 12.5 Å². The zero-order chi connectivity index (χ0) is 13.8. The van der Waals surface area contributed by atoms with E-state index in [0.29, 0.717) is 12.3 Å². The van der Waals surface area contributed by atoms with Gasteiger partial charge in [-0.1, -0.05) is 18.6 Å². The van der Waals surface area contributed by atoms with Gasteiger partial charge in [0.25, 0.3) is 0 Å². The maximum atomic E-state index is 11.1. The minimum Gasteiger partial charge on any atom is -0.314 e. The van der Waals surface area contributed by atoms with Crippen LogP contribution in [-0.2, 0) is 9.84 Å². The Kier molecular flexibility index (Phi) is 5.86. The van der Waals surface area contributed by atoms with Gasteiger partial charge in [0, 0.05) is 18.8 Å². The van der Waals surface area contributed by atoms with Crippen LogP contribution in [0.4, 0.5) is 0 Å². The minimum atomic E-state index is -2.84. The van der Waals surface area contributed by atoms with E-state index in [4.69, 9.17) is 0 Å². The lowest BCUT2D eigenvalue weighted by atomic mass is 9.80. The second kappa shape index (κ2) is 6.71. The summed E-state index contributed by atoms with van der Waals surface area (Å²) in [4.78, 5) is 0. The van der Waals surface area contributed by atoms with E-state index in [-0.39, 0.29) is 11.8 Å². The number of rotatable bonds is 6. The van der Waals surface area contributed by atoms with E-state index >= 15 is 0 Å². The van der Waals surface area contributed by atoms with Crippen molar-refractivity contribution in [3.05, 3.63) is 11.6 Å². The van der Waals surface area contributed by atoms with Crippen LogP contribution < -0.4 is 5.32 Å². The van der Waals surface area contributed by atoms with Gasteiger partial charge in [0.1, 0.15) is 9.84 Å². The Hall–Kier alpha value is -0.350. The van der Waals surface area contributed by atoms with Crippen molar-refractivity contribution in [3.8, 4) is 0 Å². The first kappa shape index (κ1) is 15.7. The number of sulfone groups is 1. The number of allylic oxidation sites excluding steroid dienone is 1. The van der Waals surface area contributed by atoms with Crippen molar-refractivity contribution in [2.24, 2.45) is 11.8 Å². The maximum absolute atomic E-state index is 11.1. The predicted octanol–water partition coefficient (Wildman–Crippen LogP) is 2.39. The highest BCUT2D eigenvalue weighted by atomic mass is 32.2. The van der Waals surface area contributed by atoms with E-state index < -0.39 is 9.84 Å². The summed E-state index contributed by atoms with van der Waals surface area (Å²) in [6, 6.07) is 0.265. The van der Waals surface area contributed by atoms with Gasteiger partial charge >= 0.3 is 0 Å². The van der Waals surface area contributed by atoms with Gasteiger partial charge in [0.05, 0.1) is 5.75 Å². The Morgan fingerprint density at radius 1 is 1.50 bits per heavy atom. The Bertz CT molecular complexity index is 387. The number of hydrogen-bond donors (Lipinski definition) is 1. The highest BCUT2D eigenvalue weighted by Gasteiger charge is 2.22. The SMILES string of the molecule is CC1=CCC[C@H](C)[C@H]1CN[C@H](C)CCS(C)(=O)=O. The van der Waals surface area contributed by atoms with Gasteiger partial charge in [-0.25, -0.2) is 8.42 Å². The summed E-state index contributed by atoms with van der Waals surface area (Å²) in [5, 5.41) is 3.48. The summed E-state index contributed by atoms with van der Waals surface area (Å²) in [7, 11) is -2.84. The van der Waals surface area contributed by atoms with Crippen LogP contribution >= 0.6 is 0 Å². The van der Waals surface area contributed by atoms with Crippen LogP contribution in [0.15, 0.2) is 11.6 Å². The molecule has 0 spiro atoms. The van der Waals surface area contributed by atoms with Crippen molar-refractivity contribution in [1.82, 2.24) is 5.32 Å². The lowest BCUT2D eigenvalue weighted by Crippen LogP contribution is -2.36. The molecule has 0 fully saturated rings. The van der Waals surface area contributed by atoms with Gasteiger partial charge in [-0.3, -0.25) is 0 Å². The Morgan fingerprint density at radius 2 is 2.17 bits per heavy atom. The van der Waals surface area contributed by atoms with E-state index in [1.807, 2.05) is 0 Å². The number of nitrogens with one attached hydrogen (secondary N) is 1. The first-order valence-electron chi connectivity index (χ1n) is 6.87. The summed E-state index contributed by atoms with van der Waals surface area (Å²) < 4.78 is 22.2. The molecular weight excluding hydrogens is 246 g/mol. The lowest BCUT2D eigenvalue weighted by molar-refractivity contribution is 0.336. The van der Waals surface area contributed by atoms with Crippen LogP contribution in [0, 0.1) is 11.8 Å². The summed E-state index contributed by atoms with van der Waals surface area (Å²) in [6.45, 7) is 7.55. The smallest absolute Gasteiger partial charge is 0.147 e. The van der Waals surface area contributed by atoms with Crippen LogP contribution in [0.5, 0.6) is 0 Å². The molecule has 1 aliphatic rings. The highest BCUT2D eigenvalue weighted by molar-refractivity contribution is 7.90. The van der Waals surface area contributed by atoms with Gasteiger partial charge in [-0.15, -0.1) is 0 Å². The molecule has 0 saturated carbocycles. The van der Waals surface area contributed by atoms with Gasteiger partial charge in [-0.2, -0.15) is 0 Å². The molecule has 106 valence electrons.